The Morgan fingerprint density at radius 3 is 2.80 bits per heavy atom. The number of hydrogen-bond donors (Lipinski definition) is 0. The first-order chi connectivity index (χ1) is 9.48. The molecule has 1 atom stereocenters. The van der Waals surface area contributed by atoms with E-state index in [1.165, 1.54) is 0 Å². The summed E-state index contributed by atoms with van der Waals surface area (Å²) in [5.74, 6) is 0.176. The van der Waals surface area contributed by atoms with Crippen LogP contribution in [0.1, 0.15) is 39.3 Å². The van der Waals surface area contributed by atoms with Gasteiger partial charge in [-0.1, -0.05) is 6.07 Å². The van der Waals surface area contributed by atoms with E-state index in [0.29, 0.717) is 13.2 Å². The van der Waals surface area contributed by atoms with Crippen molar-refractivity contribution in [3.8, 4) is 0 Å². The van der Waals surface area contributed by atoms with Gasteiger partial charge in [0.1, 0.15) is 0 Å². The first-order valence-corrected chi connectivity index (χ1v) is 7.27. The molecule has 1 saturated heterocycles. The van der Waals surface area contributed by atoms with Gasteiger partial charge in [-0.3, -0.25) is 9.78 Å². The van der Waals surface area contributed by atoms with Crippen LogP contribution in [0.25, 0.3) is 0 Å². The summed E-state index contributed by atoms with van der Waals surface area (Å²) in [6.07, 6.45) is 3.66. The molecule has 0 N–H and O–H groups in total. The zero-order valence-corrected chi connectivity index (χ0v) is 12.6. The van der Waals surface area contributed by atoms with E-state index in [0.717, 1.165) is 25.1 Å². The van der Waals surface area contributed by atoms with Gasteiger partial charge in [0.05, 0.1) is 24.8 Å². The Balaban J connectivity index is 2.13. The summed E-state index contributed by atoms with van der Waals surface area (Å²) in [6, 6.07) is 5.81. The molecule has 0 radical (unpaired) electrons. The number of hydrogen-bond acceptors (Lipinski definition) is 3. The SMILES string of the molecule is CC(C)(C)N(Cc1ccccn1)C(=O)[C@H]1CCCOC1. The summed E-state index contributed by atoms with van der Waals surface area (Å²) in [7, 11) is 0. The van der Waals surface area contributed by atoms with E-state index in [2.05, 4.69) is 25.8 Å². The first kappa shape index (κ1) is 15.0. The van der Waals surface area contributed by atoms with Crippen LogP contribution in [0, 0.1) is 5.92 Å². The topological polar surface area (TPSA) is 42.4 Å². The molecule has 110 valence electrons. The number of pyridine rings is 1. The number of nitrogens with zero attached hydrogens (tertiary/aromatic N) is 2. The zero-order valence-electron chi connectivity index (χ0n) is 12.6. The molecule has 2 heterocycles. The fraction of sp³-hybridized carbons (Fsp3) is 0.625. The molecule has 20 heavy (non-hydrogen) atoms. The quantitative estimate of drug-likeness (QED) is 0.852. The summed E-state index contributed by atoms with van der Waals surface area (Å²) >= 11 is 0. The molecular formula is C16H24N2O2. The Hall–Kier alpha value is -1.42. The third-order valence-electron chi connectivity index (χ3n) is 3.63. The Kier molecular flexibility index (Phi) is 4.76. The highest BCUT2D eigenvalue weighted by molar-refractivity contribution is 5.79. The van der Waals surface area contributed by atoms with Gasteiger partial charge in [-0.2, -0.15) is 0 Å². The standard InChI is InChI=1S/C16H24N2O2/c1-16(2,3)18(11-14-8-4-5-9-17-14)15(19)13-7-6-10-20-12-13/h4-5,8-9,13H,6-7,10-12H2,1-3H3/t13-/m0/s1. The van der Waals surface area contributed by atoms with E-state index in [-0.39, 0.29) is 17.4 Å². The van der Waals surface area contributed by atoms with Gasteiger partial charge in [-0.15, -0.1) is 0 Å². The molecule has 0 bridgehead atoms. The minimum atomic E-state index is -0.216. The van der Waals surface area contributed by atoms with Crippen LogP contribution in [0.2, 0.25) is 0 Å². The van der Waals surface area contributed by atoms with Crippen LogP contribution in [0.4, 0.5) is 0 Å². The molecule has 4 heteroatoms. The largest absolute Gasteiger partial charge is 0.381 e. The monoisotopic (exact) mass is 276 g/mol. The molecule has 1 aromatic heterocycles. The van der Waals surface area contributed by atoms with Gasteiger partial charge < -0.3 is 9.64 Å². The molecule has 2 rings (SSSR count). The molecule has 0 spiro atoms. The van der Waals surface area contributed by atoms with Gasteiger partial charge in [-0.05, 0) is 45.7 Å². The van der Waals surface area contributed by atoms with Crippen molar-refractivity contribution in [1.29, 1.82) is 0 Å². The van der Waals surface area contributed by atoms with Crippen LogP contribution in [-0.2, 0) is 16.1 Å². The van der Waals surface area contributed by atoms with Crippen molar-refractivity contribution < 1.29 is 9.53 Å². The van der Waals surface area contributed by atoms with Crippen molar-refractivity contribution in [1.82, 2.24) is 9.88 Å². The van der Waals surface area contributed by atoms with Gasteiger partial charge in [-0.25, -0.2) is 0 Å². The van der Waals surface area contributed by atoms with E-state index < -0.39 is 0 Å². The average molecular weight is 276 g/mol. The maximum absolute atomic E-state index is 12.8. The van der Waals surface area contributed by atoms with Crippen LogP contribution in [0.15, 0.2) is 24.4 Å². The summed E-state index contributed by atoms with van der Waals surface area (Å²) in [4.78, 5) is 19.0. The average Bonchev–Trinajstić information content (AvgIpc) is 2.45. The number of rotatable bonds is 3. The maximum atomic E-state index is 12.8. The lowest BCUT2D eigenvalue weighted by molar-refractivity contribution is -0.145. The van der Waals surface area contributed by atoms with E-state index in [1.807, 2.05) is 23.1 Å². The van der Waals surface area contributed by atoms with Crippen LogP contribution in [0.3, 0.4) is 0 Å². The number of aromatic nitrogens is 1. The van der Waals surface area contributed by atoms with Gasteiger partial charge in [0.15, 0.2) is 0 Å². The lowest BCUT2D eigenvalue weighted by Crippen LogP contribution is -2.49. The third-order valence-corrected chi connectivity index (χ3v) is 3.63. The second-order valence-corrected chi connectivity index (χ2v) is 6.33. The Morgan fingerprint density at radius 2 is 2.25 bits per heavy atom. The second-order valence-electron chi connectivity index (χ2n) is 6.33. The van der Waals surface area contributed by atoms with E-state index >= 15 is 0 Å². The third kappa shape index (κ3) is 3.79. The Morgan fingerprint density at radius 1 is 1.45 bits per heavy atom. The van der Waals surface area contributed by atoms with Crippen molar-refractivity contribution in [3.63, 3.8) is 0 Å². The Bertz CT molecular complexity index is 434. The molecule has 1 aliphatic heterocycles. The summed E-state index contributed by atoms with van der Waals surface area (Å²) in [5.41, 5.74) is 0.707. The molecule has 0 saturated carbocycles. The predicted octanol–water partition coefficient (Wildman–Crippen LogP) is 2.64. The van der Waals surface area contributed by atoms with Crippen LogP contribution in [-0.4, -0.2) is 34.5 Å². The molecule has 0 aliphatic carbocycles. The lowest BCUT2D eigenvalue weighted by atomic mass is 9.96. The normalized spacial score (nSPS) is 19.6. The molecule has 0 unspecified atom stereocenters. The predicted molar refractivity (Wildman–Crippen MR) is 78.1 cm³/mol. The molecule has 1 amide bonds. The minimum Gasteiger partial charge on any atom is -0.381 e. The molecule has 1 fully saturated rings. The van der Waals surface area contributed by atoms with Crippen LogP contribution >= 0.6 is 0 Å². The number of ether oxygens (including phenoxy) is 1. The van der Waals surface area contributed by atoms with Crippen molar-refractivity contribution >= 4 is 5.91 Å². The van der Waals surface area contributed by atoms with Crippen LogP contribution < -0.4 is 0 Å². The van der Waals surface area contributed by atoms with Crippen molar-refractivity contribution in [2.75, 3.05) is 13.2 Å². The van der Waals surface area contributed by atoms with Crippen molar-refractivity contribution in [2.45, 2.75) is 45.7 Å². The fourth-order valence-electron chi connectivity index (χ4n) is 2.46. The van der Waals surface area contributed by atoms with E-state index in [1.54, 1.807) is 6.20 Å². The second kappa shape index (κ2) is 6.35. The molecule has 1 aliphatic rings. The highest BCUT2D eigenvalue weighted by Gasteiger charge is 2.33. The molecule has 0 aromatic carbocycles. The van der Waals surface area contributed by atoms with Crippen molar-refractivity contribution in [2.24, 2.45) is 5.92 Å². The number of carbonyl (C=O) groups is 1. The van der Waals surface area contributed by atoms with Crippen molar-refractivity contribution in [3.05, 3.63) is 30.1 Å². The van der Waals surface area contributed by atoms with Gasteiger partial charge >= 0.3 is 0 Å². The van der Waals surface area contributed by atoms with E-state index in [4.69, 9.17) is 4.74 Å². The van der Waals surface area contributed by atoms with E-state index in [9.17, 15) is 4.79 Å². The smallest absolute Gasteiger partial charge is 0.228 e. The first-order valence-electron chi connectivity index (χ1n) is 7.27. The van der Waals surface area contributed by atoms with Gasteiger partial charge in [0.25, 0.3) is 0 Å². The maximum Gasteiger partial charge on any atom is 0.228 e. The molecule has 1 aromatic rings. The summed E-state index contributed by atoms with van der Waals surface area (Å²) in [5, 5.41) is 0. The molecular weight excluding hydrogens is 252 g/mol. The number of amides is 1. The van der Waals surface area contributed by atoms with Crippen LogP contribution in [0.5, 0.6) is 0 Å². The highest BCUT2D eigenvalue weighted by atomic mass is 16.5. The molecule has 4 nitrogen and oxygen atoms in total. The zero-order chi connectivity index (χ0) is 14.6. The highest BCUT2D eigenvalue weighted by Crippen LogP contribution is 2.23. The lowest BCUT2D eigenvalue weighted by Gasteiger charge is -2.38. The minimum absolute atomic E-state index is 0.00770. The number of carbonyl (C=O) groups excluding carboxylic acids is 1. The Labute approximate surface area is 121 Å². The van der Waals surface area contributed by atoms with Gasteiger partial charge in [0, 0.05) is 18.3 Å². The van der Waals surface area contributed by atoms with Gasteiger partial charge in [0.2, 0.25) is 5.91 Å². The summed E-state index contributed by atoms with van der Waals surface area (Å²) in [6.45, 7) is 8.08. The summed E-state index contributed by atoms with van der Waals surface area (Å²) < 4.78 is 5.45. The fourth-order valence-corrected chi connectivity index (χ4v) is 2.46.